The molecule has 0 radical (unpaired) electrons. The van der Waals surface area contributed by atoms with Crippen molar-refractivity contribution in [1.82, 2.24) is 19.4 Å². The zero-order valence-electron chi connectivity index (χ0n) is 14.2. The molecule has 3 aromatic heterocycles. The van der Waals surface area contributed by atoms with Gasteiger partial charge in [0.25, 0.3) is 0 Å². The van der Waals surface area contributed by atoms with Crippen LogP contribution in [0.5, 0.6) is 0 Å². The standard InChI is InChI=1S/C20H19FN4.H2/c1-12-9-23-20-17(21)8-14(11-25(12)20)15-5-6-18-16(15)10-22-19(24-18)7-13-3-2-4-13;/h5,8-11,13H,2-4,6-7H2,1H3;1H. The Morgan fingerprint density at radius 3 is 2.96 bits per heavy atom. The largest absolute Gasteiger partial charge is 0.301 e. The zero-order valence-corrected chi connectivity index (χ0v) is 14.2. The highest BCUT2D eigenvalue weighted by molar-refractivity contribution is 5.83. The van der Waals surface area contributed by atoms with Gasteiger partial charge in [-0.1, -0.05) is 25.3 Å². The van der Waals surface area contributed by atoms with Crippen LogP contribution in [0.25, 0.3) is 11.2 Å². The van der Waals surface area contributed by atoms with Crippen LogP contribution in [0.2, 0.25) is 0 Å². The van der Waals surface area contributed by atoms with Gasteiger partial charge >= 0.3 is 0 Å². The minimum absolute atomic E-state index is 0. The molecule has 2 aliphatic carbocycles. The van der Waals surface area contributed by atoms with Crippen LogP contribution in [-0.2, 0) is 12.8 Å². The van der Waals surface area contributed by atoms with Gasteiger partial charge in [0.05, 0.1) is 5.69 Å². The molecule has 0 aliphatic heterocycles. The molecule has 1 saturated carbocycles. The minimum Gasteiger partial charge on any atom is -0.301 e. The lowest BCUT2D eigenvalue weighted by molar-refractivity contribution is 0.309. The second-order valence-electron chi connectivity index (χ2n) is 7.14. The number of pyridine rings is 1. The first-order valence-electron chi connectivity index (χ1n) is 8.88. The van der Waals surface area contributed by atoms with E-state index in [-0.39, 0.29) is 7.24 Å². The molecule has 0 bridgehead atoms. The Kier molecular flexibility index (Phi) is 3.23. The number of hydrogen-bond acceptors (Lipinski definition) is 3. The summed E-state index contributed by atoms with van der Waals surface area (Å²) < 4.78 is 16.2. The van der Waals surface area contributed by atoms with E-state index >= 15 is 0 Å². The third-order valence-electron chi connectivity index (χ3n) is 5.46. The van der Waals surface area contributed by atoms with E-state index in [2.05, 4.69) is 16.0 Å². The van der Waals surface area contributed by atoms with Crippen molar-refractivity contribution in [2.75, 3.05) is 0 Å². The number of hydrogen-bond donors (Lipinski definition) is 0. The van der Waals surface area contributed by atoms with Gasteiger partial charge in [-0.3, -0.25) is 0 Å². The van der Waals surface area contributed by atoms with E-state index in [4.69, 9.17) is 4.98 Å². The summed E-state index contributed by atoms with van der Waals surface area (Å²) in [4.78, 5) is 13.5. The number of allylic oxidation sites excluding steroid dienone is 1. The molecule has 0 amide bonds. The van der Waals surface area contributed by atoms with Crippen molar-refractivity contribution >= 4 is 11.2 Å². The van der Waals surface area contributed by atoms with E-state index < -0.39 is 0 Å². The highest BCUT2D eigenvalue weighted by atomic mass is 19.1. The topological polar surface area (TPSA) is 43.1 Å². The molecule has 1 fully saturated rings. The molecule has 3 aromatic rings. The highest BCUT2D eigenvalue weighted by Gasteiger charge is 2.23. The molecular formula is C20H21FN4. The maximum absolute atomic E-state index is 14.4. The monoisotopic (exact) mass is 336 g/mol. The molecule has 2 aliphatic rings. The van der Waals surface area contributed by atoms with E-state index in [0.29, 0.717) is 5.65 Å². The van der Waals surface area contributed by atoms with Gasteiger partial charge in [0, 0.05) is 49.7 Å². The van der Waals surface area contributed by atoms with Crippen molar-refractivity contribution in [3.63, 3.8) is 0 Å². The predicted molar refractivity (Wildman–Crippen MR) is 95.9 cm³/mol. The number of aromatic nitrogens is 4. The molecule has 0 saturated heterocycles. The van der Waals surface area contributed by atoms with Gasteiger partial charge < -0.3 is 4.40 Å². The number of rotatable bonds is 3. The summed E-state index contributed by atoms with van der Waals surface area (Å²) in [5.74, 6) is 1.40. The number of imidazole rings is 1. The Bertz CT molecular complexity index is 1020. The lowest BCUT2D eigenvalue weighted by Crippen LogP contribution is -2.16. The van der Waals surface area contributed by atoms with Crippen LogP contribution in [0, 0.1) is 18.7 Å². The third kappa shape index (κ3) is 2.37. The summed E-state index contributed by atoms with van der Waals surface area (Å²) in [7, 11) is 0. The Morgan fingerprint density at radius 1 is 1.28 bits per heavy atom. The van der Waals surface area contributed by atoms with Crippen LogP contribution in [-0.4, -0.2) is 19.4 Å². The summed E-state index contributed by atoms with van der Waals surface area (Å²) in [6.45, 7) is 1.93. The van der Waals surface area contributed by atoms with E-state index in [1.165, 1.54) is 19.3 Å². The summed E-state index contributed by atoms with van der Waals surface area (Å²) in [5.41, 5.74) is 5.23. The van der Waals surface area contributed by atoms with Crippen molar-refractivity contribution in [1.29, 1.82) is 0 Å². The quantitative estimate of drug-likeness (QED) is 0.722. The van der Waals surface area contributed by atoms with Crippen LogP contribution >= 0.6 is 0 Å². The van der Waals surface area contributed by atoms with Gasteiger partial charge in [-0.25, -0.2) is 19.3 Å². The second kappa shape index (κ2) is 5.48. The van der Waals surface area contributed by atoms with Gasteiger partial charge in [-0.15, -0.1) is 0 Å². The van der Waals surface area contributed by atoms with E-state index in [1.54, 1.807) is 16.7 Å². The average Bonchev–Trinajstić information content (AvgIpc) is 3.15. The lowest BCUT2D eigenvalue weighted by Gasteiger charge is -2.24. The fourth-order valence-corrected chi connectivity index (χ4v) is 3.78. The average molecular weight is 336 g/mol. The van der Waals surface area contributed by atoms with Gasteiger partial charge in [0.1, 0.15) is 5.82 Å². The summed E-state index contributed by atoms with van der Waals surface area (Å²) in [6.07, 6.45) is 13.4. The highest BCUT2D eigenvalue weighted by Crippen LogP contribution is 2.33. The van der Waals surface area contributed by atoms with E-state index in [1.807, 2.05) is 19.3 Å². The fraction of sp³-hybridized carbons (Fsp3) is 0.350. The summed E-state index contributed by atoms with van der Waals surface area (Å²) in [5, 5.41) is 0. The zero-order chi connectivity index (χ0) is 17.0. The first-order chi connectivity index (χ1) is 12.2. The Balaban J connectivity index is 0.00000168. The molecular weight excluding hydrogens is 315 g/mol. The van der Waals surface area contributed by atoms with Crippen molar-refractivity contribution in [3.05, 3.63) is 64.9 Å². The maximum Gasteiger partial charge on any atom is 0.173 e. The van der Waals surface area contributed by atoms with E-state index in [9.17, 15) is 4.39 Å². The molecule has 0 spiro atoms. The molecule has 4 nitrogen and oxygen atoms in total. The number of fused-ring (bicyclic) bond motifs is 2. The van der Waals surface area contributed by atoms with Crippen LogP contribution in [0.4, 0.5) is 4.39 Å². The second-order valence-corrected chi connectivity index (χ2v) is 7.14. The molecule has 128 valence electrons. The Hall–Kier alpha value is -2.56. The molecule has 0 aromatic carbocycles. The van der Waals surface area contributed by atoms with Crippen molar-refractivity contribution in [2.24, 2.45) is 5.92 Å². The maximum atomic E-state index is 14.4. The molecule has 5 heteroatoms. The number of aryl methyl sites for hydroxylation is 1. The minimum atomic E-state index is -0.303. The van der Waals surface area contributed by atoms with Gasteiger partial charge in [0.2, 0.25) is 0 Å². The molecule has 0 atom stereocenters. The molecule has 25 heavy (non-hydrogen) atoms. The van der Waals surface area contributed by atoms with Crippen molar-refractivity contribution in [2.45, 2.75) is 39.0 Å². The Morgan fingerprint density at radius 2 is 2.16 bits per heavy atom. The number of halogens is 1. The molecule has 0 unspecified atom stereocenters. The molecule has 3 heterocycles. The van der Waals surface area contributed by atoms with Crippen molar-refractivity contribution in [3.8, 4) is 0 Å². The normalized spacial score (nSPS) is 16.8. The van der Waals surface area contributed by atoms with Crippen LogP contribution in [0.15, 0.2) is 30.7 Å². The van der Waals surface area contributed by atoms with Crippen LogP contribution in [0.3, 0.4) is 0 Å². The summed E-state index contributed by atoms with van der Waals surface area (Å²) >= 11 is 0. The summed E-state index contributed by atoms with van der Waals surface area (Å²) in [6, 6.07) is 1.56. The molecule has 5 rings (SSSR count). The van der Waals surface area contributed by atoms with Gasteiger partial charge in [0.15, 0.2) is 11.5 Å². The van der Waals surface area contributed by atoms with Gasteiger partial charge in [-0.05, 0) is 24.5 Å². The van der Waals surface area contributed by atoms with Crippen molar-refractivity contribution < 1.29 is 5.82 Å². The molecule has 0 N–H and O–H groups in total. The first kappa shape index (κ1) is 14.8. The SMILES string of the molecule is Cc1cnc2c(F)cc(C3=CCc4nc(CC5CCC5)ncc43)cn12.[HH]. The third-order valence-corrected chi connectivity index (χ3v) is 5.46. The first-order valence-corrected chi connectivity index (χ1v) is 8.88. The lowest BCUT2D eigenvalue weighted by atomic mass is 9.83. The van der Waals surface area contributed by atoms with Crippen LogP contribution < -0.4 is 0 Å². The van der Waals surface area contributed by atoms with Crippen LogP contribution in [0.1, 0.15) is 49.0 Å². The smallest absolute Gasteiger partial charge is 0.173 e. The fourth-order valence-electron chi connectivity index (χ4n) is 3.78. The Labute approximate surface area is 146 Å². The van der Waals surface area contributed by atoms with E-state index in [0.717, 1.165) is 52.7 Å². The van der Waals surface area contributed by atoms with Gasteiger partial charge in [-0.2, -0.15) is 0 Å². The predicted octanol–water partition coefficient (Wildman–Crippen LogP) is 4.15. The number of nitrogens with zero attached hydrogens (tertiary/aromatic N) is 4.